The molecule has 0 fully saturated rings. The largest absolute Gasteiger partial charge is 0.489 e. The van der Waals surface area contributed by atoms with Gasteiger partial charge in [-0.1, -0.05) is 12.1 Å². The molecule has 0 radical (unpaired) electrons. The highest BCUT2D eigenvalue weighted by Gasteiger charge is 2.04. The van der Waals surface area contributed by atoms with Gasteiger partial charge in [0.1, 0.15) is 17.9 Å². The number of hydrogen-bond acceptors (Lipinski definition) is 3. The van der Waals surface area contributed by atoms with Crippen LogP contribution in [0.1, 0.15) is 11.1 Å². The van der Waals surface area contributed by atoms with E-state index in [9.17, 15) is 4.79 Å². The van der Waals surface area contributed by atoms with Crippen LogP contribution in [0.4, 0.5) is 0 Å². The van der Waals surface area contributed by atoms with Gasteiger partial charge in [0, 0.05) is 21.1 Å². The fourth-order valence-corrected chi connectivity index (χ4v) is 2.50. The molecule has 0 aliphatic heterocycles. The molecule has 1 heterocycles. The average molecular weight is 392 g/mol. The van der Waals surface area contributed by atoms with Crippen LogP contribution >= 0.6 is 22.6 Å². The quantitative estimate of drug-likeness (QED) is 0.493. The molecule has 106 valence electrons. The number of halogens is 1. The molecule has 0 spiro atoms. The SMILES string of the molecule is Cc1cc(=O)oc2cc(OCc3ccc(I)cc3)ccc12. The molecule has 1 aromatic heterocycles. The molecular formula is C17H13IO3. The first kappa shape index (κ1) is 14.1. The first-order chi connectivity index (χ1) is 10.1. The third-order valence-electron chi connectivity index (χ3n) is 3.24. The Morgan fingerprint density at radius 2 is 1.86 bits per heavy atom. The summed E-state index contributed by atoms with van der Waals surface area (Å²) in [5.41, 5.74) is 2.22. The van der Waals surface area contributed by atoms with Crippen LogP contribution in [-0.4, -0.2) is 0 Å². The maximum absolute atomic E-state index is 11.4. The van der Waals surface area contributed by atoms with Crippen molar-refractivity contribution in [1.29, 1.82) is 0 Å². The highest BCUT2D eigenvalue weighted by molar-refractivity contribution is 14.1. The summed E-state index contributed by atoms with van der Waals surface area (Å²) in [7, 11) is 0. The Kier molecular flexibility index (Phi) is 3.96. The fraction of sp³-hybridized carbons (Fsp3) is 0.118. The molecule has 0 saturated carbocycles. The molecule has 0 bridgehead atoms. The van der Waals surface area contributed by atoms with E-state index >= 15 is 0 Å². The minimum absolute atomic E-state index is 0.338. The van der Waals surface area contributed by atoms with Gasteiger partial charge in [0.2, 0.25) is 0 Å². The van der Waals surface area contributed by atoms with E-state index in [4.69, 9.17) is 9.15 Å². The molecular weight excluding hydrogens is 379 g/mol. The zero-order chi connectivity index (χ0) is 14.8. The van der Waals surface area contributed by atoms with Crippen LogP contribution in [0.3, 0.4) is 0 Å². The van der Waals surface area contributed by atoms with Crippen LogP contribution in [0.25, 0.3) is 11.0 Å². The number of aryl methyl sites for hydroxylation is 1. The highest BCUT2D eigenvalue weighted by atomic mass is 127. The van der Waals surface area contributed by atoms with Crippen molar-refractivity contribution in [3.8, 4) is 5.75 Å². The van der Waals surface area contributed by atoms with E-state index in [1.165, 1.54) is 9.64 Å². The summed E-state index contributed by atoms with van der Waals surface area (Å²) in [6.07, 6.45) is 0. The lowest BCUT2D eigenvalue weighted by Gasteiger charge is -2.08. The molecule has 3 nitrogen and oxygen atoms in total. The fourth-order valence-electron chi connectivity index (χ4n) is 2.14. The average Bonchev–Trinajstić information content (AvgIpc) is 2.46. The number of hydrogen-bond donors (Lipinski definition) is 0. The van der Waals surface area contributed by atoms with Crippen molar-refractivity contribution in [3.05, 3.63) is 73.6 Å². The van der Waals surface area contributed by atoms with Gasteiger partial charge in [-0.2, -0.15) is 0 Å². The van der Waals surface area contributed by atoms with Crippen LogP contribution in [0.15, 0.2) is 57.7 Å². The zero-order valence-electron chi connectivity index (χ0n) is 11.4. The molecule has 0 amide bonds. The van der Waals surface area contributed by atoms with Crippen LogP contribution < -0.4 is 10.4 Å². The monoisotopic (exact) mass is 392 g/mol. The first-order valence-electron chi connectivity index (χ1n) is 6.53. The second kappa shape index (κ2) is 5.89. The van der Waals surface area contributed by atoms with Gasteiger partial charge in [-0.3, -0.25) is 0 Å². The van der Waals surface area contributed by atoms with Crippen molar-refractivity contribution in [2.24, 2.45) is 0 Å². The van der Waals surface area contributed by atoms with Gasteiger partial charge in [0.05, 0.1) is 0 Å². The molecule has 0 atom stereocenters. The maximum atomic E-state index is 11.4. The zero-order valence-corrected chi connectivity index (χ0v) is 13.6. The summed E-state index contributed by atoms with van der Waals surface area (Å²) in [6.45, 7) is 2.38. The smallest absolute Gasteiger partial charge is 0.336 e. The van der Waals surface area contributed by atoms with Crippen LogP contribution in [0.2, 0.25) is 0 Å². The molecule has 0 aliphatic carbocycles. The van der Waals surface area contributed by atoms with E-state index in [1.54, 1.807) is 6.07 Å². The second-order valence-corrected chi connectivity index (χ2v) is 6.07. The summed E-state index contributed by atoms with van der Waals surface area (Å²) in [5, 5.41) is 0.927. The molecule has 0 N–H and O–H groups in total. The maximum Gasteiger partial charge on any atom is 0.336 e. The van der Waals surface area contributed by atoms with Gasteiger partial charge in [0.15, 0.2) is 0 Å². The lowest BCUT2D eigenvalue weighted by atomic mass is 10.1. The Hall–Kier alpha value is -1.82. The predicted octanol–water partition coefficient (Wildman–Crippen LogP) is 4.29. The standard InChI is InChI=1S/C17H13IO3/c1-11-8-17(19)21-16-9-14(6-7-15(11)16)20-10-12-2-4-13(18)5-3-12/h2-9H,10H2,1H3. The van der Waals surface area contributed by atoms with Crippen molar-refractivity contribution in [1.82, 2.24) is 0 Å². The van der Waals surface area contributed by atoms with Crippen LogP contribution in [0, 0.1) is 10.5 Å². The van der Waals surface area contributed by atoms with Crippen molar-refractivity contribution < 1.29 is 9.15 Å². The van der Waals surface area contributed by atoms with E-state index in [0.717, 1.165) is 16.5 Å². The summed E-state index contributed by atoms with van der Waals surface area (Å²) in [5.74, 6) is 0.690. The van der Waals surface area contributed by atoms with Gasteiger partial charge in [-0.25, -0.2) is 4.79 Å². The van der Waals surface area contributed by atoms with Crippen molar-refractivity contribution in [2.75, 3.05) is 0 Å². The third kappa shape index (κ3) is 3.26. The minimum atomic E-state index is -0.338. The first-order valence-corrected chi connectivity index (χ1v) is 7.61. The van der Waals surface area contributed by atoms with Gasteiger partial charge in [-0.05, 0) is 64.9 Å². The summed E-state index contributed by atoms with van der Waals surface area (Å²) in [6, 6.07) is 15.2. The normalized spacial score (nSPS) is 10.8. The van der Waals surface area contributed by atoms with Crippen molar-refractivity contribution >= 4 is 33.6 Å². The topological polar surface area (TPSA) is 39.4 Å². The number of benzene rings is 2. The Balaban J connectivity index is 1.84. The van der Waals surface area contributed by atoms with Gasteiger partial charge in [-0.15, -0.1) is 0 Å². The predicted molar refractivity (Wildman–Crippen MR) is 90.7 cm³/mol. The molecule has 0 aliphatic rings. The van der Waals surface area contributed by atoms with E-state index in [0.29, 0.717) is 17.9 Å². The Morgan fingerprint density at radius 1 is 1.10 bits per heavy atom. The van der Waals surface area contributed by atoms with E-state index in [2.05, 4.69) is 22.6 Å². The molecule has 0 unspecified atom stereocenters. The summed E-state index contributed by atoms with van der Waals surface area (Å²) >= 11 is 2.27. The third-order valence-corrected chi connectivity index (χ3v) is 3.96. The second-order valence-electron chi connectivity index (χ2n) is 4.82. The minimum Gasteiger partial charge on any atom is -0.489 e. The Bertz CT molecular complexity index is 835. The van der Waals surface area contributed by atoms with E-state index < -0.39 is 0 Å². The van der Waals surface area contributed by atoms with E-state index in [1.807, 2.05) is 43.3 Å². The highest BCUT2D eigenvalue weighted by Crippen LogP contribution is 2.23. The van der Waals surface area contributed by atoms with Crippen molar-refractivity contribution in [3.63, 3.8) is 0 Å². The summed E-state index contributed by atoms with van der Waals surface area (Å²) < 4.78 is 12.2. The lowest BCUT2D eigenvalue weighted by Crippen LogP contribution is -1.99. The van der Waals surface area contributed by atoms with Crippen molar-refractivity contribution in [2.45, 2.75) is 13.5 Å². The molecule has 3 rings (SSSR count). The molecule has 21 heavy (non-hydrogen) atoms. The Labute approximate surface area is 135 Å². The molecule has 0 saturated heterocycles. The van der Waals surface area contributed by atoms with Gasteiger partial charge >= 0.3 is 5.63 Å². The van der Waals surface area contributed by atoms with Gasteiger partial charge < -0.3 is 9.15 Å². The number of fused-ring (bicyclic) bond motifs is 1. The number of ether oxygens (including phenoxy) is 1. The lowest BCUT2D eigenvalue weighted by molar-refractivity contribution is 0.306. The Morgan fingerprint density at radius 3 is 2.62 bits per heavy atom. The summed E-state index contributed by atoms with van der Waals surface area (Å²) in [4.78, 5) is 11.4. The molecule has 4 heteroatoms. The molecule has 2 aromatic carbocycles. The van der Waals surface area contributed by atoms with Crippen LogP contribution in [-0.2, 0) is 6.61 Å². The molecule has 3 aromatic rings. The van der Waals surface area contributed by atoms with Crippen LogP contribution in [0.5, 0.6) is 5.75 Å². The van der Waals surface area contributed by atoms with E-state index in [-0.39, 0.29) is 5.63 Å². The van der Waals surface area contributed by atoms with Gasteiger partial charge in [0.25, 0.3) is 0 Å². The number of rotatable bonds is 3.